The van der Waals surface area contributed by atoms with E-state index in [2.05, 4.69) is 25.3 Å². The van der Waals surface area contributed by atoms with Gasteiger partial charge in [0, 0.05) is 6.92 Å². The van der Waals surface area contributed by atoms with E-state index >= 15 is 0 Å². The Labute approximate surface area is 105 Å². The van der Waals surface area contributed by atoms with Gasteiger partial charge in [-0.1, -0.05) is 0 Å². The summed E-state index contributed by atoms with van der Waals surface area (Å²) in [6.45, 7) is 1.42. The third-order valence-corrected chi connectivity index (χ3v) is 1.52. The molecule has 8 heteroatoms. The Bertz CT molecular complexity index is 459. The number of anilines is 1. The number of nitrogens with zero attached hydrogens (tertiary/aromatic N) is 3. The normalized spacial score (nSPS) is 9.33. The van der Waals surface area contributed by atoms with Crippen molar-refractivity contribution in [2.45, 2.75) is 6.92 Å². The van der Waals surface area contributed by atoms with Crippen molar-refractivity contribution in [1.29, 1.82) is 0 Å². The van der Waals surface area contributed by atoms with Crippen LogP contribution in [0.4, 0.5) is 5.82 Å². The molecular formula is C7H7ClHgN5O. The van der Waals surface area contributed by atoms with E-state index in [1.807, 2.05) is 0 Å². The predicted molar refractivity (Wildman–Crippen MR) is 51.8 cm³/mol. The molecule has 1 amide bonds. The van der Waals surface area contributed by atoms with E-state index in [9.17, 15) is 4.79 Å². The molecule has 15 heavy (non-hydrogen) atoms. The molecule has 75 valence electrons. The van der Waals surface area contributed by atoms with E-state index in [1.165, 1.54) is 19.6 Å². The molecule has 2 rings (SSSR count). The number of aromatic nitrogens is 4. The fourth-order valence-electron chi connectivity index (χ4n) is 1.03. The van der Waals surface area contributed by atoms with Gasteiger partial charge in [-0.2, -0.15) is 0 Å². The van der Waals surface area contributed by atoms with Crippen molar-refractivity contribution in [1.82, 2.24) is 19.9 Å². The van der Waals surface area contributed by atoms with Crippen molar-refractivity contribution >= 4 is 31.1 Å². The van der Waals surface area contributed by atoms with Crippen molar-refractivity contribution in [2.75, 3.05) is 5.32 Å². The number of carbonyl (C=O) groups excluding carboxylic acids is 1. The molecule has 0 radical (unpaired) electrons. The van der Waals surface area contributed by atoms with Gasteiger partial charge in [0.25, 0.3) is 0 Å². The second-order valence-electron chi connectivity index (χ2n) is 2.50. The second-order valence-corrected chi connectivity index (χ2v) is 2.50. The van der Waals surface area contributed by atoms with Crippen LogP contribution in [0.3, 0.4) is 0 Å². The van der Waals surface area contributed by atoms with Crippen molar-refractivity contribution in [3.8, 4) is 0 Å². The molecule has 0 saturated heterocycles. The van der Waals surface area contributed by atoms with Gasteiger partial charge in [-0.15, -0.1) is 0 Å². The summed E-state index contributed by atoms with van der Waals surface area (Å²) in [6.07, 6.45) is 2.86. The van der Waals surface area contributed by atoms with E-state index in [4.69, 9.17) is 8.25 Å². The maximum absolute atomic E-state index is 10.8. The first kappa shape index (κ1) is 12.3. The average molecular weight is 413 g/mol. The summed E-state index contributed by atoms with van der Waals surface area (Å²) in [7, 11) is 4.83. The number of halogens is 1. The Morgan fingerprint density at radius 3 is 2.87 bits per heavy atom. The molecule has 0 bridgehead atoms. The van der Waals surface area contributed by atoms with Crippen LogP contribution in [-0.2, 0) is 29.7 Å². The van der Waals surface area contributed by atoms with Gasteiger partial charge in [0.05, 0.1) is 6.33 Å². The standard InChI is InChI=1S/C7H7N5O.ClH.Hg/c1-4(13)12-7-5-6(9-2-8-5)10-3-11-7;;/h2-3H,1H3,(H2,8,9,10,11,12,13);1H;/q;;+1/p-1. The monoisotopic (exact) mass is 414 g/mol. The predicted octanol–water partition coefficient (Wildman–Crippen LogP) is 0.998. The van der Waals surface area contributed by atoms with Gasteiger partial charge in [-0.25, -0.2) is 15.0 Å². The van der Waals surface area contributed by atoms with Crippen LogP contribution in [0.15, 0.2) is 12.7 Å². The third-order valence-electron chi connectivity index (χ3n) is 1.52. The number of H-pyrrole nitrogens is 1. The van der Waals surface area contributed by atoms with Gasteiger partial charge in [0.2, 0.25) is 5.91 Å². The molecule has 0 unspecified atom stereocenters. The summed E-state index contributed by atoms with van der Waals surface area (Å²) in [5, 5.41) is 2.57. The molecule has 0 saturated carbocycles. The molecule has 2 aromatic heterocycles. The number of rotatable bonds is 1. The van der Waals surface area contributed by atoms with Crippen LogP contribution >= 0.6 is 8.25 Å². The fraction of sp³-hybridized carbons (Fsp3) is 0.143. The summed E-state index contributed by atoms with van der Waals surface area (Å²) < 4.78 is 0. The minimum absolute atomic E-state index is 0.172. The first-order valence-corrected chi connectivity index (χ1v) is 10.7. The van der Waals surface area contributed by atoms with Crippen LogP contribution in [0.2, 0.25) is 0 Å². The summed E-state index contributed by atoms with van der Waals surface area (Å²) in [6, 6.07) is 0. The van der Waals surface area contributed by atoms with Gasteiger partial charge in [-0.05, 0) is 0 Å². The van der Waals surface area contributed by atoms with E-state index in [0.717, 1.165) is 0 Å². The molecular weight excluding hydrogens is 406 g/mol. The molecule has 2 heterocycles. The molecule has 2 N–H and O–H groups in total. The van der Waals surface area contributed by atoms with Crippen molar-refractivity contribution in [3.63, 3.8) is 0 Å². The zero-order valence-corrected chi connectivity index (χ0v) is 14.2. The third kappa shape index (κ3) is 3.10. The summed E-state index contributed by atoms with van der Waals surface area (Å²) >= 11 is 0.500. The topological polar surface area (TPSA) is 83.6 Å². The molecule has 0 atom stereocenters. The Kier molecular flexibility index (Phi) is 4.90. The van der Waals surface area contributed by atoms with E-state index < -0.39 is 0 Å². The zero-order chi connectivity index (χ0) is 11.3. The number of hydrogen-bond acceptors (Lipinski definition) is 4. The first-order chi connectivity index (χ1) is 7.27. The summed E-state index contributed by atoms with van der Waals surface area (Å²) in [5.74, 6) is 0.282. The van der Waals surface area contributed by atoms with Crippen molar-refractivity contribution in [2.24, 2.45) is 0 Å². The average Bonchev–Trinajstić information content (AvgIpc) is 2.69. The van der Waals surface area contributed by atoms with Gasteiger partial charge < -0.3 is 10.3 Å². The second kappa shape index (κ2) is 5.97. The number of nitrogens with one attached hydrogen (secondary N) is 2. The first-order valence-electron chi connectivity index (χ1n) is 3.96. The van der Waals surface area contributed by atoms with Gasteiger partial charge >= 0.3 is 33.1 Å². The Hall–Kier alpha value is -0.755. The quantitative estimate of drug-likeness (QED) is 0.684. The maximum atomic E-state index is 10.8. The Balaban J connectivity index is 0.000000531. The number of amides is 1. The molecule has 6 nitrogen and oxygen atoms in total. The van der Waals surface area contributed by atoms with Crippen LogP contribution in [0, 0.1) is 0 Å². The SMILES string of the molecule is CC(=O)Nc1ncnc2nc[nH]c12.[Cl][Hg]. The fourth-order valence-corrected chi connectivity index (χ4v) is 1.03. The molecule has 0 aromatic carbocycles. The van der Waals surface area contributed by atoms with E-state index in [-0.39, 0.29) is 5.91 Å². The summed E-state index contributed by atoms with van der Waals surface area (Å²) in [5.41, 5.74) is 1.18. The molecule has 0 aliphatic rings. The number of aromatic amines is 1. The van der Waals surface area contributed by atoms with Crippen molar-refractivity contribution in [3.05, 3.63) is 12.7 Å². The van der Waals surface area contributed by atoms with Crippen molar-refractivity contribution < 1.29 is 29.7 Å². The molecule has 2 aromatic rings. The number of hydrogen-bond donors (Lipinski definition) is 2. The Morgan fingerprint density at radius 1 is 1.47 bits per heavy atom. The minimum atomic E-state index is -0.172. The van der Waals surface area contributed by atoms with Crippen LogP contribution in [0.5, 0.6) is 0 Å². The molecule has 0 spiro atoms. The van der Waals surface area contributed by atoms with Gasteiger partial charge in [0.1, 0.15) is 11.8 Å². The van der Waals surface area contributed by atoms with E-state index in [1.54, 1.807) is 0 Å². The Morgan fingerprint density at radius 2 is 2.20 bits per heavy atom. The molecule has 0 aliphatic heterocycles. The van der Waals surface area contributed by atoms with Crippen LogP contribution in [0.25, 0.3) is 11.2 Å². The van der Waals surface area contributed by atoms with Crippen LogP contribution < -0.4 is 5.32 Å². The van der Waals surface area contributed by atoms with Crippen LogP contribution in [0.1, 0.15) is 6.92 Å². The number of fused-ring (bicyclic) bond motifs is 1. The molecule has 0 fully saturated rings. The number of carbonyl (C=O) groups is 1. The summed E-state index contributed by atoms with van der Waals surface area (Å²) in [4.78, 5) is 25.4. The molecule has 0 aliphatic carbocycles. The van der Waals surface area contributed by atoms with Gasteiger partial charge in [-0.3, -0.25) is 4.79 Å². The van der Waals surface area contributed by atoms with Crippen LogP contribution in [-0.4, -0.2) is 25.8 Å². The number of imidazole rings is 1. The van der Waals surface area contributed by atoms with Gasteiger partial charge in [0.15, 0.2) is 11.5 Å². The van der Waals surface area contributed by atoms with E-state index in [0.29, 0.717) is 41.9 Å². The zero-order valence-electron chi connectivity index (χ0n) is 7.99.